The van der Waals surface area contributed by atoms with Crippen LogP contribution in [0, 0.1) is 13.8 Å². The summed E-state index contributed by atoms with van der Waals surface area (Å²) in [6.07, 6.45) is 0. The van der Waals surface area contributed by atoms with Crippen LogP contribution in [0.4, 0.5) is 10.5 Å². The third kappa shape index (κ3) is 4.47. The SMILES string of the molecule is COc1ccccc1NC(=O)NCc1c(C)nn(Cc2ccccc2)c1C. The van der Waals surface area contributed by atoms with Gasteiger partial charge in [0.2, 0.25) is 0 Å². The van der Waals surface area contributed by atoms with Gasteiger partial charge in [0.25, 0.3) is 0 Å². The summed E-state index contributed by atoms with van der Waals surface area (Å²) < 4.78 is 7.22. The van der Waals surface area contributed by atoms with Gasteiger partial charge in [0, 0.05) is 17.8 Å². The Morgan fingerprint density at radius 1 is 1.07 bits per heavy atom. The van der Waals surface area contributed by atoms with Gasteiger partial charge < -0.3 is 15.4 Å². The summed E-state index contributed by atoms with van der Waals surface area (Å²) in [5.74, 6) is 0.621. The van der Waals surface area contributed by atoms with Gasteiger partial charge in [-0.15, -0.1) is 0 Å². The summed E-state index contributed by atoms with van der Waals surface area (Å²) in [4.78, 5) is 12.3. The third-order valence-corrected chi connectivity index (χ3v) is 4.49. The lowest BCUT2D eigenvalue weighted by Gasteiger charge is -2.11. The average molecular weight is 364 g/mol. The second-order valence-electron chi connectivity index (χ2n) is 6.30. The molecule has 27 heavy (non-hydrogen) atoms. The maximum absolute atomic E-state index is 12.3. The molecule has 0 saturated heterocycles. The number of para-hydroxylation sites is 2. The summed E-state index contributed by atoms with van der Waals surface area (Å²) in [6.45, 7) is 5.11. The smallest absolute Gasteiger partial charge is 0.319 e. The first-order chi connectivity index (χ1) is 13.1. The van der Waals surface area contributed by atoms with Gasteiger partial charge in [0.1, 0.15) is 5.75 Å². The lowest BCUT2D eigenvalue weighted by Crippen LogP contribution is -2.28. The number of amides is 2. The minimum absolute atomic E-state index is 0.283. The Kier molecular flexibility index (Phi) is 5.76. The van der Waals surface area contributed by atoms with Crippen LogP contribution in [0.3, 0.4) is 0 Å². The maximum atomic E-state index is 12.3. The van der Waals surface area contributed by atoms with Crippen molar-refractivity contribution in [2.75, 3.05) is 12.4 Å². The standard InChI is InChI=1S/C21H24N4O2/c1-15-18(16(2)25(24-15)14-17-9-5-4-6-10-17)13-22-21(26)23-19-11-7-8-12-20(19)27-3/h4-12H,13-14H2,1-3H3,(H2,22,23,26). The highest BCUT2D eigenvalue weighted by atomic mass is 16.5. The molecule has 1 aromatic heterocycles. The van der Waals surface area contributed by atoms with Crippen molar-refractivity contribution in [3.63, 3.8) is 0 Å². The molecule has 3 rings (SSSR count). The number of carbonyl (C=O) groups excluding carboxylic acids is 1. The van der Waals surface area contributed by atoms with Crippen LogP contribution in [0.2, 0.25) is 0 Å². The number of hydrogen-bond acceptors (Lipinski definition) is 3. The zero-order valence-electron chi connectivity index (χ0n) is 15.8. The first-order valence-corrected chi connectivity index (χ1v) is 8.83. The number of anilines is 1. The summed E-state index contributed by atoms with van der Waals surface area (Å²) in [5.41, 5.74) is 4.82. The van der Waals surface area contributed by atoms with Gasteiger partial charge in [0.15, 0.2) is 0 Å². The molecule has 0 aliphatic heterocycles. The van der Waals surface area contributed by atoms with Crippen molar-refractivity contribution in [1.29, 1.82) is 0 Å². The number of ether oxygens (including phenoxy) is 1. The highest BCUT2D eigenvalue weighted by Gasteiger charge is 2.13. The van der Waals surface area contributed by atoms with E-state index in [0.29, 0.717) is 24.5 Å². The summed E-state index contributed by atoms with van der Waals surface area (Å²) in [6, 6.07) is 17.2. The molecule has 0 aliphatic carbocycles. The molecular formula is C21H24N4O2. The largest absolute Gasteiger partial charge is 0.495 e. The monoisotopic (exact) mass is 364 g/mol. The lowest BCUT2D eigenvalue weighted by molar-refractivity contribution is 0.251. The fraction of sp³-hybridized carbons (Fsp3) is 0.238. The van der Waals surface area contributed by atoms with E-state index in [9.17, 15) is 4.79 Å². The molecular weight excluding hydrogens is 340 g/mol. The summed E-state index contributed by atoms with van der Waals surface area (Å²) in [7, 11) is 1.58. The Labute approximate surface area is 159 Å². The molecule has 6 heteroatoms. The molecule has 2 amide bonds. The number of aromatic nitrogens is 2. The first-order valence-electron chi connectivity index (χ1n) is 8.83. The van der Waals surface area contributed by atoms with E-state index >= 15 is 0 Å². The number of carbonyl (C=O) groups is 1. The predicted molar refractivity (Wildman–Crippen MR) is 106 cm³/mol. The molecule has 0 fully saturated rings. The van der Waals surface area contributed by atoms with Crippen molar-refractivity contribution < 1.29 is 9.53 Å². The molecule has 3 aromatic rings. The molecule has 6 nitrogen and oxygen atoms in total. The highest BCUT2D eigenvalue weighted by molar-refractivity contribution is 5.90. The second kappa shape index (κ2) is 8.40. The Morgan fingerprint density at radius 3 is 2.52 bits per heavy atom. The number of aryl methyl sites for hydroxylation is 1. The van der Waals surface area contributed by atoms with Crippen molar-refractivity contribution in [1.82, 2.24) is 15.1 Å². The highest BCUT2D eigenvalue weighted by Crippen LogP contribution is 2.23. The molecule has 1 heterocycles. The predicted octanol–water partition coefficient (Wildman–Crippen LogP) is 3.88. The molecule has 0 saturated carbocycles. The number of benzene rings is 2. The molecule has 0 bridgehead atoms. The van der Waals surface area contributed by atoms with Crippen LogP contribution in [0.25, 0.3) is 0 Å². The topological polar surface area (TPSA) is 68.2 Å². The number of urea groups is 1. The normalized spacial score (nSPS) is 10.5. The zero-order chi connectivity index (χ0) is 19.2. The number of nitrogens with one attached hydrogen (secondary N) is 2. The first kappa shape index (κ1) is 18.5. The minimum Gasteiger partial charge on any atom is -0.495 e. The van der Waals surface area contributed by atoms with Crippen LogP contribution in [-0.4, -0.2) is 22.9 Å². The van der Waals surface area contributed by atoms with Gasteiger partial charge in [0.05, 0.1) is 25.0 Å². The van der Waals surface area contributed by atoms with Crippen LogP contribution in [0.5, 0.6) is 5.75 Å². The average Bonchev–Trinajstić information content (AvgIpc) is 2.94. The van der Waals surface area contributed by atoms with Gasteiger partial charge in [-0.3, -0.25) is 4.68 Å². The van der Waals surface area contributed by atoms with Gasteiger partial charge in [-0.1, -0.05) is 42.5 Å². The molecule has 2 aromatic carbocycles. The molecule has 0 atom stereocenters. The molecule has 0 radical (unpaired) electrons. The fourth-order valence-corrected chi connectivity index (χ4v) is 2.98. The van der Waals surface area contributed by atoms with E-state index in [4.69, 9.17) is 4.74 Å². The number of nitrogens with zero attached hydrogens (tertiary/aromatic N) is 2. The Hall–Kier alpha value is -3.28. The van der Waals surface area contributed by atoms with Crippen LogP contribution >= 0.6 is 0 Å². The van der Waals surface area contributed by atoms with Crippen molar-refractivity contribution in [2.24, 2.45) is 0 Å². The van der Waals surface area contributed by atoms with Crippen LogP contribution < -0.4 is 15.4 Å². The molecule has 2 N–H and O–H groups in total. The zero-order valence-corrected chi connectivity index (χ0v) is 15.8. The van der Waals surface area contributed by atoms with Gasteiger partial charge in [-0.05, 0) is 31.5 Å². The number of hydrogen-bond donors (Lipinski definition) is 2. The fourth-order valence-electron chi connectivity index (χ4n) is 2.98. The van der Waals surface area contributed by atoms with E-state index in [1.54, 1.807) is 19.2 Å². The van der Waals surface area contributed by atoms with Gasteiger partial charge in [-0.25, -0.2) is 4.79 Å². The maximum Gasteiger partial charge on any atom is 0.319 e. The van der Waals surface area contributed by atoms with Crippen molar-refractivity contribution in [2.45, 2.75) is 26.9 Å². The van der Waals surface area contributed by atoms with E-state index in [2.05, 4.69) is 27.9 Å². The van der Waals surface area contributed by atoms with Gasteiger partial charge >= 0.3 is 6.03 Å². The number of methoxy groups -OCH3 is 1. The molecule has 0 unspecified atom stereocenters. The van der Waals surface area contributed by atoms with Crippen molar-refractivity contribution in [3.8, 4) is 5.75 Å². The minimum atomic E-state index is -0.283. The van der Waals surface area contributed by atoms with Crippen LogP contribution in [0.15, 0.2) is 54.6 Å². The van der Waals surface area contributed by atoms with Crippen molar-refractivity contribution >= 4 is 11.7 Å². The van der Waals surface area contributed by atoms with Crippen LogP contribution in [0.1, 0.15) is 22.5 Å². The van der Waals surface area contributed by atoms with E-state index < -0.39 is 0 Å². The number of rotatable bonds is 6. The lowest BCUT2D eigenvalue weighted by atomic mass is 10.2. The van der Waals surface area contributed by atoms with E-state index in [-0.39, 0.29) is 6.03 Å². The molecule has 0 spiro atoms. The van der Waals surface area contributed by atoms with E-state index in [1.807, 2.05) is 48.9 Å². The summed E-state index contributed by atoms with van der Waals surface area (Å²) >= 11 is 0. The third-order valence-electron chi connectivity index (χ3n) is 4.49. The van der Waals surface area contributed by atoms with Crippen LogP contribution in [-0.2, 0) is 13.1 Å². The Balaban J connectivity index is 1.65. The van der Waals surface area contributed by atoms with E-state index in [0.717, 1.165) is 17.0 Å². The second-order valence-corrected chi connectivity index (χ2v) is 6.30. The van der Waals surface area contributed by atoms with Crippen molar-refractivity contribution in [3.05, 3.63) is 77.1 Å². The van der Waals surface area contributed by atoms with Gasteiger partial charge in [-0.2, -0.15) is 5.10 Å². The molecule has 140 valence electrons. The quantitative estimate of drug-likeness (QED) is 0.697. The van der Waals surface area contributed by atoms with E-state index in [1.165, 1.54) is 5.56 Å². The molecule has 0 aliphatic rings. The Bertz CT molecular complexity index is 919. The summed E-state index contributed by atoms with van der Waals surface area (Å²) in [5, 5.41) is 10.3. The Morgan fingerprint density at radius 2 is 1.78 bits per heavy atom.